The first-order chi connectivity index (χ1) is 9.02. The Morgan fingerprint density at radius 1 is 1.37 bits per heavy atom. The molecule has 2 fully saturated rings. The fraction of sp³-hybridized carbons (Fsp3) is 0.938. The number of hydrogen-bond acceptors (Lipinski definition) is 3. The minimum Gasteiger partial charge on any atom is -0.396 e. The van der Waals surface area contributed by atoms with Gasteiger partial charge in [-0.15, -0.1) is 0 Å². The number of hydrogen-bond donors (Lipinski definition) is 1. The molecule has 0 aromatic carbocycles. The molecule has 2 rings (SSSR count). The van der Waals surface area contributed by atoms with E-state index in [1.165, 1.54) is 19.3 Å². The van der Waals surface area contributed by atoms with Gasteiger partial charge in [0.05, 0.1) is 0 Å². The molecule has 0 spiro atoms. The number of ketones is 1. The van der Waals surface area contributed by atoms with Crippen molar-refractivity contribution in [2.45, 2.75) is 64.8 Å². The Balaban J connectivity index is 1.92. The first kappa shape index (κ1) is 15.0. The molecule has 2 saturated carbocycles. The lowest BCUT2D eigenvalue weighted by Gasteiger charge is -2.42. The van der Waals surface area contributed by atoms with Gasteiger partial charge in [0.15, 0.2) is 0 Å². The Labute approximate surface area is 117 Å². The summed E-state index contributed by atoms with van der Waals surface area (Å²) < 4.78 is 0. The highest BCUT2D eigenvalue weighted by atomic mass is 16.3. The second-order valence-electron chi connectivity index (χ2n) is 7.19. The molecule has 0 radical (unpaired) electrons. The van der Waals surface area contributed by atoms with Crippen molar-refractivity contribution in [1.82, 2.24) is 4.90 Å². The normalized spacial score (nSPS) is 27.6. The topological polar surface area (TPSA) is 40.5 Å². The number of nitrogens with zero attached hydrogens (tertiary/aromatic N) is 1. The second-order valence-corrected chi connectivity index (χ2v) is 7.19. The molecule has 1 atom stereocenters. The van der Waals surface area contributed by atoms with Crippen molar-refractivity contribution < 1.29 is 9.90 Å². The van der Waals surface area contributed by atoms with E-state index in [1.807, 2.05) is 0 Å². The third-order valence-electron chi connectivity index (χ3n) is 4.95. The number of carbonyl (C=O) groups is 1. The van der Waals surface area contributed by atoms with E-state index in [4.69, 9.17) is 5.11 Å². The van der Waals surface area contributed by atoms with Gasteiger partial charge in [-0.3, -0.25) is 9.69 Å². The summed E-state index contributed by atoms with van der Waals surface area (Å²) >= 11 is 0. The van der Waals surface area contributed by atoms with Gasteiger partial charge in [0.25, 0.3) is 0 Å². The average Bonchev–Trinajstić information content (AvgIpc) is 2.28. The van der Waals surface area contributed by atoms with Crippen LogP contribution in [0.3, 0.4) is 0 Å². The highest BCUT2D eigenvalue weighted by Crippen LogP contribution is 2.38. The van der Waals surface area contributed by atoms with Gasteiger partial charge in [0, 0.05) is 38.1 Å². The van der Waals surface area contributed by atoms with Gasteiger partial charge in [-0.2, -0.15) is 0 Å². The number of aliphatic hydroxyl groups excluding tert-OH is 1. The van der Waals surface area contributed by atoms with Crippen LogP contribution in [-0.4, -0.2) is 41.5 Å². The van der Waals surface area contributed by atoms with Gasteiger partial charge in [0.2, 0.25) is 0 Å². The summed E-state index contributed by atoms with van der Waals surface area (Å²) in [7, 11) is 0. The quantitative estimate of drug-likeness (QED) is 0.804. The van der Waals surface area contributed by atoms with E-state index in [0.29, 0.717) is 17.2 Å². The molecule has 1 unspecified atom stereocenters. The molecule has 19 heavy (non-hydrogen) atoms. The minimum atomic E-state index is 0.225. The van der Waals surface area contributed by atoms with Gasteiger partial charge in [-0.1, -0.05) is 20.3 Å². The molecule has 2 aliphatic rings. The predicted octanol–water partition coefficient (Wildman–Crippen LogP) is 2.62. The van der Waals surface area contributed by atoms with Gasteiger partial charge in [0.1, 0.15) is 5.78 Å². The molecule has 0 heterocycles. The lowest BCUT2D eigenvalue weighted by molar-refractivity contribution is -0.128. The number of rotatable bonds is 6. The summed E-state index contributed by atoms with van der Waals surface area (Å²) in [6.45, 7) is 6.70. The van der Waals surface area contributed by atoms with Crippen LogP contribution < -0.4 is 0 Å². The zero-order valence-electron chi connectivity index (χ0n) is 12.5. The summed E-state index contributed by atoms with van der Waals surface area (Å²) in [4.78, 5) is 14.6. The van der Waals surface area contributed by atoms with Gasteiger partial charge in [-0.25, -0.2) is 0 Å². The van der Waals surface area contributed by atoms with Crippen molar-refractivity contribution in [3.8, 4) is 0 Å². The van der Waals surface area contributed by atoms with Gasteiger partial charge in [-0.05, 0) is 37.5 Å². The molecule has 0 saturated heterocycles. The molecule has 0 bridgehead atoms. The van der Waals surface area contributed by atoms with Crippen LogP contribution in [0.15, 0.2) is 0 Å². The molecule has 110 valence electrons. The Kier molecular flexibility index (Phi) is 5.02. The minimum absolute atomic E-state index is 0.225. The molecule has 3 nitrogen and oxygen atoms in total. The molecular formula is C16H29NO2. The van der Waals surface area contributed by atoms with Gasteiger partial charge < -0.3 is 5.11 Å². The van der Waals surface area contributed by atoms with Crippen LogP contribution >= 0.6 is 0 Å². The maximum absolute atomic E-state index is 12.1. The first-order valence-electron chi connectivity index (χ1n) is 7.89. The number of carbonyl (C=O) groups excluding carboxylic acids is 1. The standard InChI is InChI=1S/C16H29NO2/c1-16(2)8-7-15(19)13(11-16)12-17(9-4-10-18)14-5-3-6-14/h13-14,18H,3-12H2,1-2H3. The molecular weight excluding hydrogens is 238 g/mol. The maximum Gasteiger partial charge on any atom is 0.137 e. The van der Waals surface area contributed by atoms with Crippen LogP contribution in [0.4, 0.5) is 0 Å². The zero-order valence-corrected chi connectivity index (χ0v) is 12.5. The summed E-state index contributed by atoms with van der Waals surface area (Å²) in [5.74, 6) is 0.690. The number of aliphatic hydroxyl groups is 1. The van der Waals surface area contributed by atoms with Crippen LogP contribution in [0.25, 0.3) is 0 Å². The Hall–Kier alpha value is -0.410. The van der Waals surface area contributed by atoms with E-state index in [2.05, 4.69) is 18.7 Å². The summed E-state index contributed by atoms with van der Waals surface area (Å²) in [6, 6.07) is 0.671. The molecule has 0 aromatic heterocycles. The third-order valence-corrected chi connectivity index (χ3v) is 4.95. The van der Waals surface area contributed by atoms with Crippen LogP contribution in [0, 0.1) is 11.3 Å². The summed E-state index contributed by atoms with van der Waals surface area (Å²) in [6.07, 6.45) is 7.55. The molecule has 0 aliphatic heterocycles. The lowest BCUT2D eigenvalue weighted by atomic mass is 9.71. The van der Waals surface area contributed by atoms with E-state index in [-0.39, 0.29) is 12.5 Å². The maximum atomic E-state index is 12.1. The summed E-state index contributed by atoms with van der Waals surface area (Å²) in [5, 5.41) is 9.03. The lowest BCUT2D eigenvalue weighted by Crippen LogP contribution is -2.46. The van der Waals surface area contributed by atoms with E-state index >= 15 is 0 Å². The zero-order chi connectivity index (χ0) is 13.9. The smallest absolute Gasteiger partial charge is 0.137 e. The Bertz CT molecular complexity index is 310. The largest absolute Gasteiger partial charge is 0.396 e. The van der Waals surface area contributed by atoms with Crippen molar-refractivity contribution in [3.05, 3.63) is 0 Å². The van der Waals surface area contributed by atoms with E-state index in [0.717, 1.165) is 38.8 Å². The molecule has 0 amide bonds. The molecule has 1 N–H and O–H groups in total. The average molecular weight is 267 g/mol. The van der Waals surface area contributed by atoms with Crippen molar-refractivity contribution in [2.75, 3.05) is 19.7 Å². The van der Waals surface area contributed by atoms with Crippen LogP contribution in [0.2, 0.25) is 0 Å². The van der Waals surface area contributed by atoms with E-state index in [1.54, 1.807) is 0 Å². The summed E-state index contributed by atoms with van der Waals surface area (Å²) in [5.41, 5.74) is 0.320. The second kappa shape index (κ2) is 6.36. The van der Waals surface area contributed by atoms with Gasteiger partial charge >= 0.3 is 0 Å². The highest BCUT2D eigenvalue weighted by molar-refractivity contribution is 5.82. The van der Waals surface area contributed by atoms with Crippen LogP contribution in [0.5, 0.6) is 0 Å². The molecule has 0 aromatic rings. The fourth-order valence-electron chi connectivity index (χ4n) is 3.45. The first-order valence-corrected chi connectivity index (χ1v) is 7.89. The van der Waals surface area contributed by atoms with Crippen molar-refractivity contribution >= 4 is 5.78 Å². The predicted molar refractivity (Wildman–Crippen MR) is 77.0 cm³/mol. The SMILES string of the molecule is CC1(C)CCC(=O)C(CN(CCCO)C2CCC2)C1. The fourth-order valence-corrected chi connectivity index (χ4v) is 3.45. The van der Waals surface area contributed by atoms with Crippen molar-refractivity contribution in [3.63, 3.8) is 0 Å². The van der Waals surface area contributed by atoms with Crippen molar-refractivity contribution in [2.24, 2.45) is 11.3 Å². The molecule has 3 heteroatoms. The Morgan fingerprint density at radius 3 is 2.68 bits per heavy atom. The van der Waals surface area contributed by atoms with E-state index in [9.17, 15) is 4.79 Å². The number of Topliss-reactive ketones (excluding diaryl/α,β-unsaturated/α-hetero) is 1. The highest BCUT2D eigenvalue weighted by Gasteiger charge is 2.36. The Morgan fingerprint density at radius 2 is 2.11 bits per heavy atom. The van der Waals surface area contributed by atoms with E-state index < -0.39 is 0 Å². The van der Waals surface area contributed by atoms with Crippen LogP contribution in [-0.2, 0) is 4.79 Å². The van der Waals surface area contributed by atoms with Crippen molar-refractivity contribution in [1.29, 1.82) is 0 Å². The molecule has 2 aliphatic carbocycles. The third kappa shape index (κ3) is 4.03. The monoisotopic (exact) mass is 267 g/mol. The van der Waals surface area contributed by atoms with Crippen LogP contribution in [0.1, 0.15) is 58.8 Å².